The molecule has 0 unspecified atom stereocenters. The largest absolute Gasteiger partial charge is 0.338 e. The van der Waals surface area contributed by atoms with Crippen LogP contribution in [0, 0.1) is 0 Å². The fourth-order valence-corrected chi connectivity index (χ4v) is 2.04. The van der Waals surface area contributed by atoms with Crippen molar-refractivity contribution in [3.8, 4) is 0 Å². The molecule has 0 saturated carbocycles. The lowest BCUT2D eigenvalue weighted by Gasteiger charge is -2.22. The number of carbonyl (C=O) groups is 1. The summed E-state index contributed by atoms with van der Waals surface area (Å²) in [6, 6.07) is 0.0170. The standard InChI is InChI=1S/C16H33N2O/c1-4-7-10-13-17-16(19)18(14-11-8-5-2)15-12-9-6-3/h4-15H2,1-3H3. The highest BCUT2D eigenvalue weighted by Gasteiger charge is 2.13. The molecule has 0 aromatic carbocycles. The van der Waals surface area contributed by atoms with Crippen molar-refractivity contribution >= 4 is 6.03 Å². The third kappa shape index (κ3) is 10.8. The first-order valence-corrected chi connectivity index (χ1v) is 8.22. The summed E-state index contributed by atoms with van der Waals surface area (Å²) >= 11 is 0. The van der Waals surface area contributed by atoms with Gasteiger partial charge in [-0.05, 0) is 19.3 Å². The van der Waals surface area contributed by atoms with Crippen molar-refractivity contribution in [3.63, 3.8) is 0 Å². The first kappa shape index (κ1) is 18.3. The Kier molecular flexibility index (Phi) is 13.2. The Balaban J connectivity index is 3.94. The van der Waals surface area contributed by atoms with Crippen LogP contribution in [0.3, 0.4) is 0 Å². The van der Waals surface area contributed by atoms with Gasteiger partial charge in [0.25, 0.3) is 0 Å². The van der Waals surface area contributed by atoms with Gasteiger partial charge in [-0.25, -0.2) is 10.1 Å². The van der Waals surface area contributed by atoms with E-state index in [2.05, 4.69) is 26.1 Å². The number of nitrogens with zero attached hydrogens (tertiary/aromatic N) is 2. The minimum atomic E-state index is 0.0170. The molecule has 0 rings (SSSR count). The molecule has 1 radical (unpaired) electrons. The van der Waals surface area contributed by atoms with Crippen molar-refractivity contribution < 1.29 is 4.79 Å². The molecule has 0 aliphatic rings. The lowest BCUT2D eigenvalue weighted by Crippen LogP contribution is -2.37. The molecule has 0 saturated heterocycles. The number of rotatable bonds is 12. The minimum absolute atomic E-state index is 0.0170. The van der Waals surface area contributed by atoms with Crippen LogP contribution in [-0.2, 0) is 0 Å². The molecule has 0 aromatic heterocycles. The van der Waals surface area contributed by atoms with Crippen LogP contribution in [0.4, 0.5) is 4.79 Å². The molecule has 0 aliphatic heterocycles. The second-order valence-electron chi connectivity index (χ2n) is 5.27. The van der Waals surface area contributed by atoms with Crippen molar-refractivity contribution in [1.82, 2.24) is 10.2 Å². The van der Waals surface area contributed by atoms with Gasteiger partial charge < -0.3 is 4.90 Å². The summed E-state index contributed by atoms with van der Waals surface area (Å²) in [5.74, 6) is 0. The van der Waals surface area contributed by atoms with Gasteiger partial charge in [0.15, 0.2) is 0 Å². The summed E-state index contributed by atoms with van der Waals surface area (Å²) in [7, 11) is 0. The highest BCUT2D eigenvalue weighted by Crippen LogP contribution is 2.04. The van der Waals surface area contributed by atoms with Crippen molar-refractivity contribution in [3.05, 3.63) is 0 Å². The van der Waals surface area contributed by atoms with Gasteiger partial charge in [0.2, 0.25) is 0 Å². The first-order chi connectivity index (χ1) is 9.26. The molecule has 2 amide bonds. The number of urea groups is 1. The Morgan fingerprint density at radius 3 is 1.74 bits per heavy atom. The van der Waals surface area contributed by atoms with Crippen molar-refractivity contribution in [2.75, 3.05) is 19.6 Å². The van der Waals surface area contributed by atoms with E-state index in [0.717, 1.165) is 32.4 Å². The second-order valence-corrected chi connectivity index (χ2v) is 5.27. The van der Waals surface area contributed by atoms with Crippen molar-refractivity contribution in [1.29, 1.82) is 0 Å². The van der Waals surface area contributed by atoms with E-state index >= 15 is 0 Å². The van der Waals surface area contributed by atoms with Gasteiger partial charge in [-0.3, -0.25) is 0 Å². The zero-order chi connectivity index (χ0) is 14.3. The molecular weight excluding hydrogens is 236 g/mol. The number of hydrogen-bond donors (Lipinski definition) is 0. The number of unbranched alkanes of at least 4 members (excludes halogenated alkanes) is 6. The molecule has 0 heterocycles. The Hall–Kier alpha value is -0.730. The van der Waals surface area contributed by atoms with Gasteiger partial charge >= 0.3 is 6.03 Å². The van der Waals surface area contributed by atoms with E-state index in [4.69, 9.17) is 0 Å². The molecule has 113 valence electrons. The molecule has 3 heteroatoms. The maximum Gasteiger partial charge on any atom is 0.338 e. The molecule has 0 N–H and O–H groups in total. The van der Waals surface area contributed by atoms with Crippen molar-refractivity contribution in [2.45, 2.75) is 78.6 Å². The molecule has 0 bridgehead atoms. The zero-order valence-electron chi connectivity index (χ0n) is 13.3. The van der Waals surface area contributed by atoms with Crippen LogP contribution in [0.1, 0.15) is 78.6 Å². The van der Waals surface area contributed by atoms with E-state index in [9.17, 15) is 4.79 Å². The Morgan fingerprint density at radius 2 is 1.26 bits per heavy atom. The lowest BCUT2D eigenvalue weighted by molar-refractivity contribution is 0.194. The van der Waals surface area contributed by atoms with Crippen LogP contribution in [0.2, 0.25) is 0 Å². The Morgan fingerprint density at radius 1 is 0.789 bits per heavy atom. The van der Waals surface area contributed by atoms with Gasteiger partial charge in [0.1, 0.15) is 0 Å². The van der Waals surface area contributed by atoms with Crippen LogP contribution < -0.4 is 5.32 Å². The molecule has 0 aromatic rings. The van der Waals surface area contributed by atoms with E-state index in [1.807, 2.05) is 4.90 Å². The predicted octanol–water partition coefficient (Wildman–Crippen LogP) is 4.58. The molecular formula is C16H33N2O. The average Bonchev–Trinajstić information content (AvgIpc) is 2.42. The summed E-state index contributed by atoms with van der Waals surface area (Å²) in [6.07, 6.45) is 10.4. The van der Waals surface area contributed by atoms with Gasteiger partial charge in [0.05, 0.1) is 0 Å². The maximum absolute atomic E-state index is 12.1. The van der Waals surface area contributed by atoms with Crippen LogP contribution in [0.15, 0.2) is 0 Å². The van der Waals surface area contributed by atoms with Crippen LogP contribution >= 0.6 is 0 Å². The Bertz CT molecular complexity index is 197. The summed E-state index contributed by atoms with van der Waals surface area (Å²) < 4.78 is 0. The fourth-order valence-electron chi connectivity index (χ4n) is 2.04. The van der Waals surface area contributed by atoms with E-state index in [0.29, 0.717) is 6.54 Å². The normalized spacial score (nSPS) is 10.5. The molecule has 3 nitrogen and oxygen atoms in total. The second kappa shape index (κ2) is 13.7. The Labute approximate surface area is 120 Å². The third-order valence-corrected chi connectivity index (χ3v) is 3.34. The van der Waals surface area contributed by atoms with Gasteiger partial charge in [-0.2, -0.15) is 0 Å². The highest BCUT2D eigenvalue weighted by molar-refractivity contribution is 5.73. The summed E-state index contributed by atoms with van der Waals surface area (Å²) in [5.41, 5.74) is 0. The predicted molar refractivity (Wildman–Crippen MR) is 82.5 cm³/mol. The SMILES string of the molecule is CCCCC[N]C(=O)N(CCCCC)CCCCC. The van der Waals surface area contributed by atoms with E-state index in [1.54, 1.807) is 0 Å². The molecule has 19 heavy (non-hydrogen) atoms. The summed E-state index contributed by atoms with van der Waals surface area (Å²) in [5, 5.41) is 4.21. The maximum atomic E-state index is 12.1. The topological polar surface area (TPSA) is 34.4 Å². The van der Waals surface area contributed by atoms with E-state index < -0.39 is 0 Å². The number of amides is 2. The van der Waals surface area contributed by atoms with Crippen LogP contribution in [0.25, 0.3) is 0 Å². The highest BCUT2D eigenvalue weighted by atomic mass is 16.2. The minimum Gasteiger partial charge on any atom is -0.323 e. The summed E-state index contributed by atoms with van der Waals surface area (Å²) in [4.78, 5) is 14.0. The third-order valence-electron chi connectivity index (χ3n) is 3.34. The average molecular weight is 269 g/mol. The van der Waals surface area contributed by atoms with E-state index in [1.165, 1.54) is 38.5 Å². The zero-order valence-corrected chi connectivity index (χ0v) is 13.3. The number of carbonyl (C=O) groups excluding carboxylic acids is 1. The fraction of sp³-hybridized carbons (Fsp3) is 0.938. The quantitative estimate of drug-likeness (QED) is 0.477. The molecule has 0 fully saturated rings. The smallest absolute Gasteiger partial charge is 0.323 e. The lowest BCUT2D eigenvalue weighted by atomic mass is 10.2. The summed E-state index contributed by atoms with van der Waals surface area (Å²) in [6.45, 7) is 9.02. The van der Waals surface area contributed by atoms with Crippen molar-refractivity contribution in [2.24, 2.45) is 0 Å². The molecule has 0 atom stereocenters. The molecule has 0 spiro atoms. The van der Waals surface area contributed by atoms with E-state index in [-0.39, 0.29) is 6.03 Å². The monoisotopic (exact) mass is 269 g/mol. The first-order valence-electron chi connectivity index (χ1n) is 8.22. The van der Waals surface area contributed by atoms with Gasteiger partial charge in [-0.15, -0.1) is 0 Å². The number of hydrogen-bond acceptors (Lipinski definition) is 1. The molecule has 0 aliphatic carbocycles. The van der Waals surface area contributed by atoms with Crippen LogP contribution in [-0.4, -0.2) is 30.6 Å². The van der Waals surface area contributed by atoms with Gasteiger partial charge in [-0.1, -0.05) is 59.3 Å². The van der Waals surface area contributed by atoms with Gasteiger partial charge in [0, 0.05) is 19.6 Å². The van der Waals surface area contributed by atoms with Crippen LogP contribution in [0.5, 0.6) is 0 Å².